The molecule has 0 aromatic carbocycles. The van der Waals surface area contributed by atoms with Gasteiger partial charge >= 0.3 is 0 Å². The van der Waals surface area contributed by atoms with Gasteiger partial charge in [0.25, 0.3) is 0 Å². The Labute approximate surface area is 113 Å². The Hall–Kier alpha value is -0.980. The molecule has 2 aromatic rings. The molecule has 0 fully saturated rings. The molecule has 2 heterocycles. The summed E-state index contributed by atoms with van der Waals surface area (Å²) in [6, 6.07) is 4.02. The summed E-state index contributed by atoms with van der Waals surface area (Å²) >= 11 is 5.20. The first-order valence-electron chi connectivity index (χ1n) is 5.12. The molecule has 0 aliphatic heterocycles. The van der Waals surface area contributed by atoms with Crippen LogP contribution in [-0.2, 0) is 13.1 Å². The fourth-order valence-corrected chi connectivity index (χ4v) is 3.07. The van der Waals surface area contributed by atoms with Gasteiger partial charge in [0.05, 0.1) is 5.69 Å². The number of nitrogen functional groups attached to an aromatic ring is 1. The first-order valence-corrected chi connectivity index (χ1v) is 6.79. The van der Waals surface area contributed by atoms with Gasteiger partial charge in [-0.2, -0.15) is 0 Å². The Morgan fingerprint density at radius 3 is 2.94 bits per heavy atom. The second-order valence-corrected chi connectivity index (χ2v) is 5.72. The Balaban J connectivity index is 1.95. The smallest absolute Gasteiger partial charge is 0.220 e. The van der Waals surface area contributed by atoms with Gasteiger partial charge in [0.1, 0.15) is 0 Å². The van der Waals surface area contributed by atoms with E-state index in [0.29, 0.717) is 5.95 Å². The maximum atomic E-state index is 5.55. The predicted molar refractivity (Wildman–Crippen MR) is 73.6 cm³/mol. The van der Waals surface area contributed by atoms with E-state index in [4.69, 9.17) is 5.73 Å². The lowest BCUT2D eigenvalue weighted by atomic mass is 10.3. The van der Waals surface area contributed by atoms with Gasteiger partial charge in [0, 0.05) is 34.0 Å². The zero-order valence-electron chi connectivity index (χ0n) is 9.43. The van der Waals surface area contributed by atoms with Crippen molar-refractivity contribution >= 4 is 33.2 Å². The number of hydrogen-bond donors (Lipinski definition) is 1. The van der Waals surface area contributed by atoms with Crippen molar-refractivity contribution in [3.8, 4) is 0 Å². The molecule has 4 nitrogen and oxygen atoms in total. The van der Waals surface area contributed by atoms with Gasteiger partial charge < -0.3 is 5.73 Å². The molecular formula is C11H13BrN4S. The Morgan fingerprint density at radius 2 is 2.29 bits per heavy atom. The van der Waals surface area contributed by atoms with Crippen LogP contribution in [0.1, 0.15) is 10.6 Å². The van der Waals surface area contributed by atoms with Crippen molar-refractivity contribution in [3.63, 3.8) is 0 Å². The van der Waals surface area contributed by atoms with E-state index in [1.807, 2.05) is 6.07 Å². The van der Waals surface area contributed by atoms with E-state index < -0.39 is 0 Å². The summed E-state index contributed by atoms with van der Waals surface area (Å²) in [6.07, 6.45) is 1.69. The third-order valence-electron chi connectivity index (χ3n) is 2.21. The normalized spacial score (nSPS) is 11.0. The highest BCUT2D eigenvalue weighted by Gasteiger charge is 2.05. The lowest BCUT2D eigenvalue weighted by molar-refractivity contribution is 0.318. The largest absolute Gasteiger partial charge is 0.368 e. The number of aromatic nitrogens is 2. The molecule has 0 saturated carbocycles. The van der Waals surface area contributed by atoms with E-state index in [1.165, 1.54) is 4.88 Å². The van der Waals surface area contributed by atoms with E-state index in [9.17, 15) is 0 Å². The van der Waals surface area contributed by atoms with Crippen LogP contribution in [0.2, 0.25) is 0 Å². The highest BCUT2D eigenvalue weighted by Crippen LogP contribution is 2.21. The Bertz CT molecular complexity index is 500. The molecule has 0 aliphatic carbocycles. The molecule has 17 heavy (non-hydrogen) atoms. The zero-order chi connectivity index (χ0) is 12.3. The van der Waals surface area contributed by atoms with E-state index in [1.54, 1.807) is 17.5 Å². The van der Waals surface area contributed by atoms with E-state index in [0.717, 1.165) is 23.3 Å². The maximum Gasteiger partial charge on any atom is 0.220 e. The molecular weight excluding hydrogens is 300 g/mol. The van der Waals surface area contributed by atoms with Gasteiger partial charge in [-0.25, -0.2) is 9.97 Å². The topological polar surface area (TPSA) is 55.0 Å². The molecule has 0 amide bonds. The minimum atomic E-state index is 0.328. The SMILES string of the molecule is CN(Cc1ccnc(N)n1)Cc1cc(Br)cs1. The molecule has 2 rings (SSSR count). The molecule has 90 valence electrons. The summed E-state index contributed by atoms with van der Waals surface area (Å²) in [7, 11) is 2.06. The van der Waals surface area contributed by atoms with Crippen LogP contribution in [0, 0.1) is 0 Å². The standard InChI is InChI=1S/C11H13BrN4S/c1-16(6-10-4-8(12)7-17-10)5-9-2-3-14-11(13)15-9/h2-4,7H,5-6H2,1H3,(H2,13,14,15). The summed E-state index contributed by atoms with van der Waals surface area (Å²) in [6.45, 7) is 1.67. The average molecular weight is 313 g/mol. The minimum Gasteiger partial charge on any atom is -0.368 e. The molecule has 0 aliphatic rings. The fraction of sp³-hybridized carbons (Fsp3) is 0.273. The quantitative estimate of drug-likeness (QED) is 0.942. The molecule has 0 atom stereocenters. The van der Waals surface area contributed by atoms with Crippen LogP contribution in [0.25, 0.3) is 0 Å². The van der Waals surface area contributed by atoms with Crippen LogP contribution in [0.3, 0.4) is 0 Å². The minimum absolute atomic E-state index is 0.328. The lowest BCUT2D eigenvalue weighted by Gasteiger charge is -2.14. The summed E-state index contributed by atoms with van der Waals surface area (Å²) < 4.78 is 1.14. The van der Waals surface area contributed by atoms with Gasteiger partial charge in [0.2, 0.25) is 5.95 Å². The zero-order valence-corrected chi connectivity index (χ0v) is 11.8. The molecule has 2 N–H and O–H groups in total. The highest BCUT2D eigenvalue weighted by atomic mass is 79.9. The monoisotopic (exact) mass is 312 g/mol. The molecule has 6 heteroatoms. The van der Waals surface area contributed by atoms with Crippen molar-refractivity contribution in [2.24, 2.45) is 0 Å². The average Bonchev–Trinajstić information content (AvgIpc) is 2.63. The predicted octanol–water partition coefficient (Wildman–Crippen LogP) is 2.51. The number of halogens is 1. The van der Waals surface area contributed by atoms with Crippen LogP contribution < -0.4 is 5.73 Å². The Morgan fingerprint density at radius 1 is 1.47 bits per heavy atom. The molecule has 0 saturated heterocycles. The first kappa shape index (κ1) is 12.5. The fourth-order valence-electron chi connectivity index (χ4n) is 1.54. The van der Waals surface area contributed by atoms with Gasteiger partial charge in [-0.3, -0.25) is 4.90 Å². The molecule has 0 radical (unpaired) electrons. The van der Waals surface area contributed by atoms with Gasteiger partial charge in [-0.05, 0) is 35.1 Å². The number of rotatable bonds is 4. The highest BCUT2D eigenvalue weighted by molar-refractivity contribution is 9.10. The third-order valence-corrected chi connectivity index (χ3v) is 3.89. The van der Waals surface area contributed by atoms with Crippen LogP contribution in [0.5, 0.6) is 0 Å². The number of hydrogen-bond acceptors (Lipinski definition) is 5. The van der Waals surface area contributed by atoms with Crippen LogP contribution >= 0.6 is 27.3 Å². The molecule has 2 aromatic heterocycles. The molecule has 0 spiro atoms. The van der Waals surface area contributed by atoms with Crippen molar-refractivity contribution < 1.29 is 0 Å². The van der Waals surface area contributed by atoms with Gasteiger partial charge in [-0.15, -0.1) is 11.3 Å². The second-order valence-electron chi connectivity index (χ2n) is 3.81. The van der Waals surface area contributed by atoms with Crippen LogP contribution in [-0.4, -0.2) is 21.9 Å². The molecule has 0 bridgehead atoms. The van der Waals surface area contributed by atoms with Crippen molar-refractivity contribution in [2.45, 2.75) is 13.1 Å². The van der Waals surface area contributed by atoms with Crippen molar-refractivity contribution in [1.82, 2.24) is 14.9 Å². The van der Waals surface area contributed by atoms with Crippen LogP contribution in [0.4, 0.5) is 5.95 Å². The van der Waals surface area contributed by atoms with Crippen LogP contribution in [0.15, 0.2) is 28.2 Å². The Kier molecular flexibility index (Phi) is 4.09. The van der Waals surface area contributed by atoms with Gasteiger partial charge in [0.15, 0.2) is 0 Å². The van der Waals surface area contributed by atoms with Crippen molar-refractivity contribution in [2.75, 3.05) is 12.8 Å². The van der Waals surface area contributed by atoms with E-state index in [-0.39, 0.29) is 0 Å². The van der Waals surface area contributed by atoms with E-state index in [2.05, 4.69) is 49.3 Å². The summed E-state index contributed by atoms with van der Waals surface area (Å²) in [5.41, 5.74) is 6.49. The summed E-state index contributed by atoms with van der Waals surface area (Å²) in [5.74, 6) is 0.328. The number of thiophene rings is 1. The number of anilines is 1. The second kappa shape index (κ2) is 5.57. The summed E-state index contributed by atoms with van der Waals surface area (Å²) in [5, 5.41) is 2.09. The van der Waals surface area contributed by atoms with Gasteiger partial charge in [-0.1, -0.05) is 0 Å². The molecule has 0 unspecified atom stereocenters. The number of nitrogens with zero attached hydrogens (tertiary/aromatic N) is 3. The summed E-state index contributed by atoms with van der Waals surface area (Å²) in [4.78, 5) is 11.6. The maximum absolute atomic E-state index is 5.55. The van der Waals surface area contributed by atoms with Crippen molar-refractivity contribution in [3.05, 3.63) is 38.8 Å². The van der Waals surface area contributed by atoms with Crippen molar-refractivity contribution in [1.29, 1.82) is 0 Å². The van der Waals surface area contributed by atoms with E-state index >= 15 is 0 Å². The third kappa shape index (κ3) is 3.76. The first-order chi connectivity index (χ1) is 8.13. The lowest BCUT2D eigenvalue weighted by Crippen LogP contribution is -2.17. The number of nitrogens with two attached hydrogens (primary N) is 1.